The van der Waals surface area contributed by atoms with Crippen molar-refractivity contribution >= 4 is 11.6 Å². The van der Waals surface area contributed by atoms with Gasteiger partial charge in [-0.3, -0.25) is 9.59 Å². The molecule has 6 heteroatoms. The fraction of sp³-hybridized carbons (Fsp3) is 0.455. The first-order chi connectivity index (χ1) is 13.3. The van der Waals surface area contributed by atoms with Crippen molar-refractivity contribution < 1.29 is 4.79 Å². The zero-order valence-electron chi connectivity index (χ0n) is 16.6. The van der Waals surface area contributed by atoms with Crippen molar-refractivity contribution in [2.24, 2.45) is 21.8 Å². The van der Waals surface area contributed by atoms with Gasteiger partial charge in [0.15, 0.2) is 0 Å². The Morgan fingerprint density at radius 3 is 2.61 bits per heavy atom. The van der Waals surface area contributed by atoms with E-state index in [9.17, 15) is 9.59 Å². The summed E-state index contributed by atoms with van der Waals surface area (Å²) in [4.78, 5) is 24.5. The molecule has 2 aliphatic rings. The minimum absolute atomic E-state index is 0.0350. The molecular formula is C22H26N4O2. The Bertz CT molecular complexity index is 993. The fourth-order valence-corrected chi connectivity index (χ4v) is 4.72. The number of hydrogen-bond acceptors (Lipinski definition) is 4. The molecule has 1 amide bonds. The summed E-state index contributed by atoms with van der Waals surface area (Å²) in [5, 5.41) is 8.79. The molecule has 1 heterocycles. The topological polar surface area (TPSA) is 76.3 Å². The van der Waals surface area contributed by atoms with Gasteiger partial charge in [0, 0.05) is 22.8 Å². The number of hydrogen-bond donors (Lipinski definition) is 1. The van der Waals surface area contributed by atoms with Gasteiger partial charge in [0.25, 0.3) is 11.5 Å². The standard InChI is InChI=1S/C22H26N4O2/c1-21(2)16-11-12-22(21,3)18(13-16)23-24-19(27)14-26-20(28)10-9-17(25-26)15-7-5-4-6-8-15/h4-10,16H,11-14H2,1-3H3,(H,24,27). The minimum Gasteiger partial charge on any atom is -0.271 e. The van der Waals surface area contributed by atoms with Crippen molar-refractivity contribution in [3.05, 3.63) is 52.8 Å². The van der Waals surface area contributed by atoms with E-state index in [-0.39, 0.29) is 28.8 Å². The predicted molar refractivity (Wildman–Crippen MR) is 109 cm³/mol. The molecule has 2 fully saturated rings. The predicted octanol–water partition coefficient (Wildman–Crippen LogP) is 3.23. The van der Waals surface area contributed by atoms with Gasteiger partial charge in [-0.05, 0) is 36.7 Å². The molecule has 2 aromatic rings. The number of nitrogens with zero attached hydrogens (tertiary/aromatic N) is 3. The molecule has 1 aromatic heterocycles. The monoisotopic (exact) mass is 378 g/mol. The number of fused-ring (bicyclic) bond motifs is 2. The largest absolute Gasteiger partial charge is 0.271 e. The molecule has 1 N–H and O–H groups in total. The second-order valence-electron chi connectivity index (χ2n) is 8.67. The number of carbonyl (C=O) groups excluding carboxylic acids is 1. The van der Waals surface area contributed by atoms with E-state index in [2.05, 4.69) is 36.4 Å². The molecule has 0 radical (unpaired) electrons. The van der Waals surface area contributed by atoms with Crippen LogP contribution in [-0.2, 0) is 11.3 Å². The van der Waals surface area contributed by atoms with Gasteiger partial charge in [-0.15, -0.1) is 0 Å². The zero-order chi connectivity index (χ0) is 19.9. The van der Waals surface area contributed by atoms with Crippen molar-refractivity contribution in [2.45, 2.75) is 46.6 Å². The molecule has 4 rings (SSSR count). The fourth-order valence-electron chi connectivity index (χ4n) is 4.72. The van der Waals surface area contributed by atoms with Gasteiger partial charge < -0.3 is 0 Å². The van der Waals surface area contributed by atoms with Crippen LogP contribution in [0.5, 0.6) is 0 Å². The Morgan fingerprint density at radius 1 is 1.21 bits per heavy atom. The molecule has 2 bridgehead atoms. The Hall–Kier alpha value is -2.76. The van der Waals surface area contributed by atoms with E-state index in [4.69, 9.17) is 0 Å². The van der Waals surface area contributed by atoms with Crippen LogP contribution < -0.4 is 11.0 Å². The van der Waals surface area contributed by atoms with Crippen LogP contribution in [0.1, 0.15) is 40.0 Å². The van der Waals surface area contributed by atoms with E-state index < -0.39 is 0 Å². The number of carbonyl (C=O) groups is 1. The molecule has 2 aliphatic carbocycles. The van der Waals surface area contributed by atoms with Crippen LogP contribution >= 0.6 is 0 Å². The summed E-state index contributed by atoms with van der Waals surface area (Å²) in [6.45, 7) is 6.70. The summed E-state index contributed by atoms with van der Waals surface area (Å²) in [5.74, 6) is 0.288. The molecule has 0 saturated heterocycles. The summed E-state index contributed by atoms with van der Waals surface area (Å²) >= 11 is 0. The van der Waals surface area contributed by atoms with Crippen LogP contribution in [0.25, 0.3) is 11.3 Å². The van der Waals surface area contributed by atoms with E-state index in [1.807, 2.05) is 30.3 Å². The molecule has 2 unspecified atom stereocenters. The van der Waals surface area contributed by atoms with Crippen molar-refractivity contribution in [1.29, 1.82) is 0 Å². The van der Waals surface area contributed by atoms with Crippen LogP contribution in [0.4, 0.5) is 0 Å². The van der Waals surface area contributed by atoms with Crippen molar-refractivity contribution in [3.63, 3.8) is 0 Å². The summed E-state index contributed by atoms with van der Waals surface area (Å²) in [6, 6.07) is 12.7. The van der Waals surface area contributed by atoms with E-state index in [1.54, 1.807) is 6.07 Å². The number of hydrazone groups is 1. The number of benzene rings is 1. The molecule has 0 aliphatic heterocycles. The summed E-state index contributed by atoms with van der Waals surface area (Å²) < 4.78 is 1.18. The molecular weight excluding hydrogens is 352 g/mol. The van der Waals surface area contributed by atoms with E-state index in [0.29, 0.717) is 11.6 Å². The van der Waals surface area contributed by atoms with E-state index >= 15 is 0 Å². The first kappa shape index (κ1) is 18.6. The van der Waals surface area contributed by atoms with Crippen molar-refractivity contribution in [2.75, 3.05) is 0 Å². The average Bonchev–Trinajstić information content (AvgIpc) is 3.02. The van der Waals surface area contributed by atoms with Gasteiger partial charge in [-0.25, -0.2) is 10.1 Å². The van der Waals surface area contributed by atoms with E-state index in [0.717, 1.165) is 24.1 Å². The van der Waals surface area contributed by atoms with Gasteiger partial charge in [-0.2, -0.15) is 10.2 Å². The van der Waals surface area contributed by atoms with Crippen LogP contribution in [0.2, 0.25) is 0 Å². The zero-order valence-corrected chi connectivity index (χ0v) is 16.6. The van der Waals surface area contributed by atoms with Gasteiger partial charge in [0.2, 0.25) is 0 Å². The highest BCUT2D eigenvalue weighted by atomic mass is 16.2. The quantitative estimate of drug-likeness (QED) is 0.830. The van der Waals surface area contributed by atoms with Gasteiger partial charge in [-0.1, -0.05) is 51.1 Å². The third kappa shape index (κ3) is 2.97. The van der Waals surface area contributed by atoms with Crippen molar-refractivity contribution in [1.82, 2.24) is 15.2 Å². The third-order valence-corrected chi connectivity index (χ3v) is 7.06. The maximum Gasteiger partial charge on any atom is 0.267 e. The Morgan fingerprint density at radius 2 is 1.96 bits per heavy atom. The molecule has 0 spiro atoms. The third-order valence-electron chi connectivity index (χ3n) is 7.06. The van der Waals surface area contributed by atoms with Crippen LogP contribution in [0.15, 0.2) is 52.4 Å². The first-order valence-electron chi connectivity index (χ1n) is 9.81. The Labute approximate surface area is 164 Å². The number of aromatic nitrogens is 2. The molecule has 2 atom stereocenters. The van der Waals surface area contributed by atoms with Crippen molar-refractivity contribution in [3.8, 4) is 11.3 Å². The summed E-state index contributed by atoms with van der Waals surface area (Å²) in [6.07, 6.45) is 3.27. The second-order valence-corrected chi connectivity index (χ2v) is 8.67. The number of nitrogens with one attached hydrogen (secondary N) is 1. The highest BCUT2D eigenvalue weighted by molar-refractivity contribution is 5.95. The summed E-state index contributed by atoms with van der Waals surface area (Å²) in [7, 11) is 0. The lowest BCUT2D eigenvalue weighted by Crippen LogP contribution is -2.35. The Kier molecular flexibility index (Phi) is 4.44. The van der Waals surface area contributed by atoms with Crippen LogP contribution in [0, 0.1) is 16.7 Å². The van der Waals surface area contributed by atoms with Gasteiger partial charge in [0.05, 0.1) is 5.69 Å². The normalized spacial score (nSPS) is 26.5. The van der Waals surface area contributed by atoms with Gasteiger partial charge >= 0.3 is 0 Å². The maximum atomic E-state index is 12.4. The summed E-state index contributed by atoms with van der Waals surface area (Å²) in [5.41, 5.74) is 5.21. The smallest absolute Gasteiger partial charge is 0.267 e. The lowest BCUT2D eigenvalue weighted by molar-refractivity contribution is -0.121. The Balaban J connectivity index is 1.49. The molecule has 1 aromatic carbocycles. The lowest BCUT2D eigenvalue weighted by Gasteiger charge is -2.34. The van der Waals surface area contributed by atoms with Gasteiger partial charge in [0.1, 0.15) is 6.54 Å². The lowest BCUT2D eigenvalue weighted by atomic mass is 9.70. The number of rotatable bonds is 4. The van der Waals surface area contributed by atoms with Crippen LogP contribution in [-0.4, -0.2) is 21.4 Å². The highest BCUT2D eigenvalue weighted by Crippen LogP contribution is 2.63. The average molecular weight is 378 g/mol. The first-order valence-corrected chi connectivity index (χ1v) is 9.81. The SMILES string of the molecule is CC12CCC(CC1=NNC(=O)Cn1nc(-c3ccccc3)ccc1=O)C2(C)C. The maximum absolute atomic E-state index is 12.4. The molecule has 2 saturated carbocycles. The van der Waals surface area contributed by atoms with E-state index in [1.165, 1.54) is 17.2 Å². The minimum atomic E-state index is -0.337. The molecule has 146 valence electrons. The molecule has 28 heavy (non-hydrogen) atoms. The number of amides is 1. The molecule has 6 nitrogen and oxygen atoms in total. The second kappa shape index (κ2) is 6.69. The highest BCUT2D eigenvalue weighted by Gasteiger charge is 2.60. The van der Waals surface area contributed by atoms with Crippen LogP contribution in [0.3, 0.4) is 0 Å².